The van der Waals surface area contributed by atoms with Gasteiger partial charge < -0.3 is 15.1 Å². The van der Waals surface area contributed by atoms with E-state index in [9.17, 15) is 10.1 Å². The van der Waals surface area contributed by atoms with Crippen LogP contribution in [0.3, 0.4) is 0 Å². The van der Waals surface area contributed by atoms with E-state index < -0.39 is 0 Å². The number of rotatable bonds is 4. The van der Waals surface area contributed by atoms with Gasteiger partial charge in [0.05, 0.1) is 16.8 Å². The summed E-state index contributed by atoms with van der Waals surface area (Å²) < 4.78 is 0. The number of hydrogen-bond donors (Lipinski definition) is 1. The monoisotopic (exact) mass is 385 g/mol. The van der Waals surface area contributed by atoms with Crippen molar-refractivity contribution in [2.75, 3.05) is 36.4 Å². The third-order valence-corrected chi connectivity index (χ3v) is 4.72. The first-order valence-corrected chi connectivity index (χ1v) is 9.28. The Bertz CT molecular complexity index is 1020. The van der Waals surface area contributed by atoms with Gasteiger partial charge in [-0.25, -0.2) is 15.0 Å². The number of nitrogens with zero attached hydrogens (tertiary/aromatic N) is 6. The molecule has 1 aliphatic heterocycles. The first-order valence-electron chi connectivity index (χ1n) is 9.28. The van der Waals surface area contributed by atoms with E-state index in [0.29, 0.717) is 54.8 Å². The van der Waals surface area contributed by atoms with Crippen LogP contribution >= 0.6 is 0 Å². The highest BCUT2D eigenvalue weighted by molar-refractivity contribution is 5.94. The lowest BCUT2D eigenvalue weighted by Gasteiger charge is -2.34. The molecule has 8 nitrogen and oxygen atoms in total. The fraction of sp³-hybridized carbons (Fsp3) is 0.190. The summed E-state index contributed by atoms with van der Waals surface area (Å²) in [7, 11) is 0. The molecule has 0 radical (unpaired) electrons. The average molecular weight is 385 g/mol. The number of piperazine rings is 1. The Morgan fingerprint density at radius 1 is 0.966 bits per heavy atom. The number of aromatic nitrogens is 3. The van der Waals surface area contributed by atoms with Crippen molar-refractivity contribution in [1.29, 1.82) is 5.26 Å². The Labute approximate surface area is 168 Å². The molecule has 4 rings (SSSR count). The average Bonchev–Trinajstić information content (AvgIpc) is 2.80. The Hall–Kier alpha value is -3.99. The maximum Gasteiger partial charge on any atom is 0.255 e. The number of nitriles is 1. The number of para-hydroxylation sites is 1. The van der Waals surface area contributed by atoms with Crippen LogP contribution in [0.2, 0.25) is 0 Å². The van der Waals surface area contributed by atoms with Crippen LogP contribution in [-0.4, -0.2) is 51.9 Å². The molecule has 29 heavy (non-hydrogen) atoms. The second kappa shape index (κ2) is 8.35. The van der Waals surface area contributed by atoms with E-state index in [1.54, 1.807) is 42.9 Å². The number of anilines is 3. The highest BCUT2D eigenvalue weighted by Crippen LogP contribution is 2.19. The molecular weight excluding hydrogens is 366 g/mol. The summed E-state index contributed by atoms with van der Waals surface area (Å²) in [6.45, 7) is 2.58. The molecule has 1 N–H and O–H groups in total. The molecule has 1 amide bonds. The maximum atomic E-state index is 12.8. The lowest BCUT2D eigenvalue weighted by molar-refractivity contribution is 0.0746. The highest BCUT2D eigenvalue weighted by atomic mass is 16.2. The third kappa shape index (κ3) is 4.14. The maximum absolute atomic E-state index is 12.8. The largest absolute Gasteiger partial charge is 0.339 e. The predicted molar refractivity (Wildman–Crippen MR) is 109 cm³/mol. The first-order chi connectivity index (χ1) is 14.2. The number of carbonyl (C=O) groups is 1. The molecule has 3 heterocycles. The Balaban J connectivity index is 1.38. The minimum Gasteiger partial charge on any atom is -0.339 e. The smallest absolute Gasteiger partial charge is 0.255 e. The van der Waals surface area contributed by atoms with Crippen LogP contribution in [0.1, 0.15) is 15.9 Å². The van der Waals surface area contributed by atoms with Gasteiger partial charge in [-0.15, -0.1) is 0 Å². The van der Waals surface area contributed by atoms with Crippen LogP contribution in [0.15, 0.2) is 61.1 Å². The predicted octanol–water partition coefficient (Wildman–Crippen LogP) is 2.45. The van der Waals surface area contributed by atoms with Crippen molar-refractivity contribution in [3.63, 3.8) is 0 Å². The molecule has 0 atom stereocenters. The molecule has 0 spiro atoms. The number of benzene rings is 1. The molecule has 3 aromatic rings. The number of pyridine rings is 1. The second-order valence-electron chi connectivity index (χ2n) is 6.54. The van der Waals surface area contributed by atoms with E-state index in [1.165, 1.54) is 0 Å². The fourth-order valence-electron chi connectivity index (χ4n) is 3.17. The molecule has 8 heteroatoms. The van der Waals surface area contributed by atoms with Crippen molar-refractivity contribution in [1.82, 2.24) is 19.9 Å². The summed E-state index contributed by atoms with van der Waals surface area (Å²) in [5.41, 5.74) is 1.75. The zero-order valence-corrected chi connectivity index (χ0v) is 15.7. The lowest BCUT2D eigenvalue weighted by atomic mass is 10.2. The van der Waals surface area contributed by atoms with Crippen molar-refractivity contribution in [3.8, 4) is 6.07 Å². The van der Waals surface area contributed by atoms with Crippen molar-refractivity contribution in [3.05, 3.63) is 72.2 Å². The van der Waals surface area contributed by atoms with Crippen LogP contribution in [0.25, 0.3) is 0 Å². The topological polar surface area (TPSA) is 98.0 Å². The molecule has 1 aromatic carbocycles. The molecule has 144 valence electrons. The van der Waals surface area contributed by atoms with Crippen molar-refractivity contribution >= 4 is 23.4 Å². The van der Waals surface area contributed by atoms with Crippen LogP contribution in [0.4, 0.5) is 17.5 Å². The van der Waals surface area contributed by atoms with Crippen molar-refractivity contribution in [2.45, 2.75) is 0 Å². The molecule has 2 aromatic heterocycles. The van der Waals surface area contributed by atoms with Gasteiger partial charge >= 0.3 is 0 Å². The normalized spacial score (nSPS) is 13.6. The summed E-state index contributed by atoms with van der Waals surface area (Å²) in [4.78, 5) is 29.5. The SMILES string of the molecule is N#Cc1ccccc1Nc1ccc(C(=O)N2CCN(c3ncccn3)CC2)cn1. The summed E-state index contributed by atoms with van der Waals surface area (Å²) in [5, 5.41) is 12.3. The van der Waals surface area contributed by atoms with Crippen molar-refractivity contribution < 1.29 is 4.79 Å². The summed E-state index contributed by atoms with van der Waals surface area (Å²) >= 11 is 0. The molecule has 1 fully saturated rings. The second-order valence-corrected chi connectivity index (χ2v) is 6.54. The van der Waals surface area contributed by atoms with Crippen LogP contribution in [0, 0.1) is 11.3 Å². The first kappa shape index (κ1) is 18.4. The van der Waals surface area contributed by atoms with Gasteiger partial charge in [0.15, 0.2) is 0 Å². The van der Waals surface area contributed by atoms with E-state index in [4.69, 9.17) is 0 Å². The Kier molecular flexibility index (Phi) is 5.29. The highest BCUT2D eigenvalue weighted by Gasteiger charge is 2.23. The van der Waals surface area contributed by atoms with Crippen molar-refractivity contribution in [2.24, 2.45) is 0 Å². The minimum atomic E-state index is -0.0462. The third-order valence-electron chi connectivity index (χ3n) is 4.72. The van der Waals surface area contributed by atoms with Crippen LogP contribution < -0.4 is 10.2 Å². The molecular formula is C21H19N7O. The van der Waals surface area contributed by atoms with Gasteiger partial charge in [0.1, 0.15) is 11.9 Å². The van der Waals surface area contributed by atoms with Crippen LogP contribution in [-0.2, 0) is 0 Å². The van der Waals surface area contributed by atoms with Gasteiger partial charge in [-0.05, 0) is 30.3 Å². The Morgan fingerprint density at radius 3 is 2.41 bits per heavy atom. The van der Waals surface area contributed by atoms with E-state index in [0.717, 1.165) is 0 Å². The van der Waals surface area contributed by atoms with Gasteiger partial charge in [-0.1, -0.05) is 12.1 Å². The minimum absolute atomic E-state index is 0.0462. The molecule has 0 aliphatic carbocycles. The summed E-state index contributed by atoms with van der Waals surface area (Å²) in [6.07, 6.45) is 5.00. The molecule has 0 unspecified atom stereocenters. The van der Waals surface area contributed by atoms with Gasteiger partial charge in [0.25, 0.3) is 5.91 Å². The lowest BCUT2D eigenvalue weighted by Crippen LogP contribution is -2.49. The standard InChI is InChI=1S/C21H19N7O/c22-14-16-4-1-2-5-18(16)26-19-7-6-17(15-25-19)20(29)27-10-12-28(13-11-27)21-23-8-3-9-24-21/h1-9,15H,10-13H2,(H,25,26). The van der Waals surface area contributed by atoms with Gasteiger partial charge in [0.2, 0.25) is 5.95 Å². The van der Waals surface area contributed by atoms with E-state index in [2.05, 4.69) is 31.2 Å². The summed E-state index contributed by atoms with van der Waals surface area (Å²) in [5.74, 6) is 1.22. The number of hydrogen-bond acceptors (Lipinski definition) is 7. The van der Waals surface area contributed by atoms with E-state index in [-0.39, 0.29) is 5.91 Å². The zero-order chi connectivity index (χ0) is 20.1. The summed E-state index contributed by atoms with van der Waals surface area (Å²) in [6, 6.07) is 14.6. The molecule has 0 bridgehead atoms. The molecule has 1 saturated heterocycles. The van der Waals surface area contributed by atoms with Gasteiger partial charge in [-0.2, -0.15) is 5.26 Å². The van der Waals surface area contributed by atoms with E-state index in [1.807, 2.05) is 23.1 Å². The number of carbonyl (C=O) groups excluding carboxylic acids is 1. The quantitative estimate of drug-likeness (QED) is 0.736. The van der Waals surface area contributed by atoms with Gasteiger partial charge in [-0.3, -0.25) is 4.79 Å². The van der Waals surface area contributed by atoms with Gasteiger partial charge in [0, 0.05) is 44.8 Å². The van der Waals surface area contributed by atoms with Crippen LogP contribution in [0.5, 0.6) is 0 Å². The fourth-order valence-corrected chi connectivity index (χ4v) is 3.17. The molecule has 0 saturated carbocycles. The Morgan fingerprint density at radius 2 is 1.72 bits per heavy atom. The zero-order valence-electron chi connectivity index (χ0n) is 15.7. The number of nitrogens with one attached hydrogen (secondary N) is 1. The van der Waals surface area contributed by atoms with E-state index >= 15 is 0 Å². The molecule has 1 aliphatic rings. The number of amides is 1.